The first-order valence-corrected chi connectivity index (χ1v) is 8.57. The van der Waals surface area contributed by atoms with Gasteiger partial charge in [-0.3, -0.25) is 9.59 Å². The number of rotatable bonds is 7. The van der Waals surface area contributed by atoms with E-state index in [0.717, 1.165) is 4.90 Å². The Kier molecular flexibility index (Phi) is 7.91. The van der Waals surface area contributed by atoms with Gasteiger partial charge in [-0.1, -0.05) is 11.6 Å². The SMILES string of the molecule is CCNC(=O)[C@H](C)NC(=O)COC(=O)c1cc(SC)ccc1Cl. The fraction of sp³-hybridized carbons (Fsp3) is 0.400. The molecule has 1 aromatic rings. The Labute approximate surface area is 144 Å². The number of hydrogen-bond acceptors (Lipinski definition) is 5. The first kappa shape index (κ1) is 19.3. The maximum atomic E-state index is 12.0. The predicted octanol–water partition coefficient (Wildman–Crippen LogP) is 1.86. The molecule has 0 aromatic heterocycles. The summed E-state index contributed by atoms with van der Waals surface area (Å²) in [6.45, 7) is 3.31. The van der Waals surface area contributed by atoms with Crippen LogP contribution in [0, 0.1) is 0 Å². The van der Waals surface area contributed by atoms with E-state index in [2.05, 4.69) is 10.6 Å². The number of benzene rings is 1. The number of amides is 2. The highest BCUT2D eigenvalue weighted by Crippen LogP contribution is 2.23. The van der Waals surface area contributed by atoms with Crippen LogP contribution in [0.1, 0.15) is 24.2 Å². The zero-order chi connectivity index (χ0) is 17.4. The zero-order valence-electron chi connectivity index (χ0n) is 13.1. The van der Waals surface area contributed by atoms with Crippen molar-refractivity contribution in [2.24, 2.45) is 0 Å². The largest absolute Gasteiger partial charge is 0.452 e. The van der Waals surface area contributed by atoms with E-state index >= 15 is 0 Å². The molecule has 1 atom stereocenters. The van der Waals surface area contributed by atoms with Crippen LogP contribution in [0.3, 0.4) is 0 Å². The molecule has 2 amide bonds. The Morgan fingerprint density at radius 3 is 2.65 bits per heavy atom. The minimum absolute atomic E-state index is 0.197. The number of carbonyl (C=O) groups is 3. The number of hydrogen-bond donors (Lipinski definition) is 2. The van der Waals surface area contributed by atoms with Crippen molar-refractivity contribution < 1.29 is 19.1 Å². The number of halogens is 1. The molecule has 0 aliphatic carbocycles. The molecular weight excluding hydrogens is 340 g/mol. The van der Waals surface area contributed by atoms with Crippen LogP contribution >= 0.6 is 23.4 Å². The van der Waals surface area contributed by atoms with E-state index in [0.29, 0.717) is 6.54 Å². The zero-order valence-corrected chi connectivity index (χ0v) is 14.7. The number of nitrogens with one attached hydrogen (secondary N) is 2. The van der Waals surface area contributed by atoms with Gasteiger partial charge in [-0.25, -0.2) is 4.79 Å². The van der Waals surface area contributed by atoms with Crippen LogP contribution in [0.2, 0.25) is 5.02 Å². The molecule has 0 saturated heterocycles. The van der Waals surface area contributed by atoms with Crippen molar-refractivity contribution in [2.45, 2.75) is 24.8 Å². The molecule has 23 heavy (non-hydrogen) atoms. The van der Waals surface area contributed by atoms with Gasteiger partial charge in [0, 0.05) is 11.4 Å². The predicted molar refractivity (Wildman–Crippen MR) is 89.8 cm³/mol. The fourth-order valence-electron chi connectivity index (χ4n) is 1.67. The Morgan fingerprint density at radius 1 is 1.35 bits per heavy atom. The van der Waals surface area contributed by atoms with Crippen LogP contribution in [0.25, 0.3) is 0 Å². The maximum absolute atomic E-state index is 12.0. The molecular formula is C15H19ClN2O4S. The number of carbonyl (C=O) groups excluding carboxylic acids is 3. The van der Waals surface area contributed by atoms with Crippen molar-refractivity contribution in [2.75, 3.05) is 19.4 Å². The van der Waals surface area contributed by atoms with Crippen LogP contribution in [0.5, 0.6) is 0 Å². The van der Waals surface area contributed by atoms with E-state index in [4.69, 9.17) is 16.3 Å². The van der Waals surface area contributed by atoms with E-state index in [-0.39, 0.29) is 16.5 Å². The highest BCUT2D eigenvalue weighted by Gasteiger charge is 2.17. The monoisotopic (exact) mass is 358 g/mol. The molecule has 1 aromatic carbocycles. The first-order chi connectivity index (χ1) is 10.9. The number of thioether (sulfide) groups is 1. The highest BCUT2D eigenvalue weighted by atomic mass is 35.5. The first-order valence-electron chi connectivity index (χ1n) is 6.96. The molecule has 2 N–H and O–H groups in total. The molecule has 0 aliphatic rings. The molecule has 0 fully saturated rings. The summed E-state index contributed by atoms with van der Waals surface area (Å²) < 4.78 is 4.93. The van der Waals surface area contributed by atoms with E-state index in [9.17, 15) is 14.4 Å². The van der Waals surface area contributed by atoms with Crippen LogP contribution in [0.4, 0.5) is 0 Å². The summed E-state index contributed by atoms with van der Waals surface area (Å²) >= 11 is 7.42. The van der Waals surface area contributed by atoms with E-state index < -0.39 is 24.5 Å². The molecule has 0 heterocycles. The third kappa shape index (κ3) is 6.11. The summed E-state index contributed by atoms with van der Waals surface area (Å²) in [6.07, 6.45) is 1.87. The molecule has 6 nitrogen and oxygen atoms in total. The molecule has 0 spiro atoms. The van der Waals surface area contributed by atoms with Gasteiger partial charge in [-0.2, -0.15) is 0 Å². The van der Waals surface area contributed by atoms with Gasteiger partial charge >= 0.3 is 5.97 Å². The Balaban J connectivity index is 2.56. The van der Waals surface area contributed by atoms with Crippen molar-refractivity contribution in [3.63, 3.8) is 0 Å². The summed E-state index contributed by atoms with van der Waals surface area (Å²) in [6, 6.07) is 4.28. The normalized spacial score (nSPS) is 11.5. The molecule has 0 aliphatic heterocycles. The van der Waals surface area contributed by atoms with Gasteiger partial charge in [0.2, 0.25) is 5.91 Å². The Morgan fingerprint density at radius 2 is 2.04 bits per heavy atom. The number of ether oxygens (including phenoxy) is 1. The van der Waals surface area contributed by atoms with Crippen LogP contribution in [-0.2, 0) is 14.3 Å². The number of esters is 1. The lowest BCUT2D eigenvalue weighted by atomic mass is 10.2. The van der Waals surface area contributed by atoms with E-state index in [1.54, 1.807) is 32.0 Å². The quantitative estimate of drug-likeness (QED) is 0.574. The van der Waals surface area contributed by atoms with Crippen molar-refractivity contribution in [1.82, 2.24) is 10.6 Å². The molecule has 0 unspecified atom stereocenters. The van der Waals surface area contributed by atoms with Gasteiger partial charge in [0.1, 0.15) is 6.04 Å². The smallest absolute Gasteiger partial charge is 0.340 e. The third-order valence-corrected chi connectivity index (χ3v) is 3.90. The minimum atomic E-state index is -0.704. The second-order valence-corrected chi connectivity index (χ2v) is 5.89. The van der Waals surface area contributed by atoms with E-state index in [1.807, 2.05) is 6.26 Å². The van der Waals surface area contributed by atoms with E-state index in [1.165, 1.54) is 11.8 Å². The summed E-state index contributed by atoms with van der Waals surface area (Å²) in [5.41, 5.74) is 0.197. The molecule has 0 saturated carbocycles. The van der Waals surface area contributed by atoms with Crippen molar-refractivity contribution in [3.05, 3.63) is 28.8 Å². The van der Waals surface area contributed by atoms with Crippen LogP contribution in [0.15, 0.2) is 23.1 Å². The fourth-order valence-corrected chi connectivity index (χ4v) is 2.31. The number of likely N-dealkylation sites (N-methyl/N-ethyl adjacent to an activating group) is 1. The second kappa shape index (κ2) is 9.42. The van der Waals surface area contributed by atoms with Gasteiger partial charge in [-0.05, 0) is 38.3 Å². The van der Waals surface area contributed by atoms with Crippen molar-refractivity contribution >= 4 is 41.1 Å². The standard InChI is InChI=1S/C15H19ClN2O4S/c1-4-17-14(20)9(2)18-13(19)8-22-15(21)11-7-10(23-3)5-6-12(11)16/h5-7,9H,4,8H2,1-3H3,(H,17,20)(H,18,19)/t9-/m0/s1. The van der Waals surface area contributed by atoms with Crippen molar-refractivity contribution in [1.29, 1.82) is 0 Å². The average molecular weight is 359 g/mol. The molecule has 0 bridgehead atoms. The molecule has 8 heteroatoms. The summed E-state index contributed by atoms with van der Waals surface area (Å²) in [5, 5.41) is 5.28. The summed E-state index contributed by atoms with van der Waals surface area (Å²) in [5.74, 6) is -1.55. The van der Waals surface area contributed by atoms with Gasteiger partial charge in [0.15, 0.2) is 6.61 Å². The van der Waals surface area contributed by atoms with Crippen molar-refractivity contribution in [3.8, 4) is 0 Å². The topological polar surface area (TPSA) is 84.5 Å². The maximum Gasteiger partial charge on any atom is 0.340 e. The van der Waals surface area contributed by atoms with Crippen LogP contribution < -0.4 is 10.6 Å². The average Bonchev–Trinajstić information content (AvgIpc) is 2.53. The molecule has 1 rings (SSSR count). The lowest BCUT2D eigenvalue weighted by Crippen LogP contribution is -2.46. The lowest BCUT2D eigenvalue weighted by molar-refractivity contribution is -0.130. The highest BCUT2D eigenvalue weighted by molar-refractivity contribution is 7.98. The Bertz CT molecular complexity index is 595. The van der Waals surface area contributed by atoms with Gasteiger partial charge < -0.3 is 15.4 Å². The minimum Gasteiger partial charge on any atom is -0.452 e. The van der Waals surface area contributed by atoms with Gasteiger partial charge in [0.05, 0.1) is 10.6 Å². The Hall–Kier alpha value is -1.73. The lowest BCUT2D eigenvalue weighted by Gasteiger charge is -2.13. The van der Waals surface area contributed by atoms with Gasteiger partial charge in [-0.15, -0.1) is 11.8 Å². The summed E-state index contributed by atoms with van der Waals surface area (Å²) in [7, 11) is 0. The third-order valence-electron chi connectivity index (χ3n) is 2.85. The van der Waals surface area contributed by atoms with Gasteiger partial charge in [0.25, 0.3) is 5.91 Å². The van der Waals surface area contributed by atoms with Crippen LogP contribution in [-0.4, -0.2) is 43.2 Å². The molecule has 0 radical (unpaired) electrons. The molecule has 126 valence electrons. The summed E-state index contributed by atoms with van der Waals surface area (Å²) in [4.78, 5) is 36.0. The second-order valence-electron chi connectivity index (χ2n) is 4.61.